The fourth-order valence-electron chi connectivity index (χ4n) is 5.61. The normalized spacial score (nSPS) is 21.6. The highest BCUT2D eigenvalue weighted by molar-refractivity contribution is 7.89. The second-order valence-electron chi connectivity index (χ2n) is 10.5. The summed E-state index contributed by atoms with van der Waals surface area (Å²) in [6, 6.07) is 9.32. The molecule has 0 bridgehead atoms. The number of amides is 2. The fourth-order valence-corrected chi connectivity index (χ4v) is 8.24. The van der Waals surface area contributed by atoms with Crippen LogP contribution in [-0.2, 0) is 26.2 Å². The minimum Gasteiger partial charge on any atom is -0.445 e. The van der Waals surface area contributed by atoms with E-state index in [-0.39, 0.29) is 18.6 Å². The van der Waals surface area contributed by atoms with Gasteiger partial charge in [0.25, 0.3) is 0 Å². The molecule has 2 amide bonds. The van der Waals surface area contributed by atoms with Gasteiger partial charge in [0.2, 0.25) is 15.9 Å². The van der Waals surface area contributed by atoms with Crippen molar-refractivity contribution in [3.63, 3.8) is 0 Å². The third kappa shape index (κ3) is 5.81. The molecule has 8 nitrogen and oxygen atoms in total. The largest absolute Gasteiger partial charge is 0.445 e. The van der Waals surface area contributed by atoms with Crippen LogP contribution in [0.5, 0.6) is 0 Å². The first-order valence-electron chi connectivity index (χ1n) is 11.8. The molecule has 2 heterocycles. The van der Waals surface area contributed by atoms with E-state index in [1.54, 1.807) is 9.21 Å². The van der Waals surface area contributed by atoms with Gasteiger partial charge in [0, 0.05) is 30.2 Å². The van der Waals surface area contributed by atoms with E-state index in [0.717, 1.165) is 5.56 Å². The fraction of sp³-hybridized carbons (Fsp3) is 0.600. The number of piperidine rings is 2. The Kier molecular flexibility index (Phi) is 7.77. The number of hydrogen-bond acceptors (Lipinski definition) is 5. The van der Waals surface area contributed by atoms with Crippen LogP contribution in [0.3, 0.4) is 0 Å². The Morgan fingerprint density at radius 1 is 1.09 bits per heavy atom. The predicted molar refractivity (Wildman–Crippen MR) is 132 cm³/mol. The molecule has 1 N–H and O–H groups in total. The molecule has 0 spiro atoms. The van der Waals surface area contributed by atoms with E-state index < -0.39 is 32.4 Å². The van der Waals surface area contributed by atoms with Crippen LogP contribution in [0.25, 0.3) is 0 Å². The molecular formula is C25H37N3O5S. The van der Waals surface area contributed by atoms with Crippen LogP contribution in [0.15, 0.2) is 43.0 Å². The zero-order valence-electron chi connectivity index (χ0n) is 20.6. The van der Waals surface area contributed by atoms with Crippen molar-refractivity contribution in [3.05, 3.63) is 48.6 Å². The Morgan fingerprint density at radius 2 is 1.65 bits per heavy atom. The first-order valence-corrected chi connectivity index (χ1v) is 13.3. The summed E-state index contributed by atoms with van der Waals surface area (Å²) >= 11 is 0. The first-order chi connectivity index (χ1) is 15.9. The first kappa shape index (κ1) is 26.2. The Morgan fingerprint density at radius 3 is 2.18 bits per heavy atom. The van der Waals surface area contributed by atoms with Crippen LogP contribution in [0.4, 0.5) is 4.79 Å². The number of carbonyl (C=O) groups excluding carboxylic acids is 2. The Bertz CT molecular complexity index is 981. The minimum atomic E-state index is -3.64. The number of benzene rings is 1. The number of likely N-dealkylation sites (tertiary alicyclic amines) is 1. The molecule has 1 aromatic carbocycles. The summed E-state index contributed by atoms with van der Waals surface area (Å²) in [5, 5.41) is 2.37. The average molecular weight is 492 g/mol. The number of hydrogen-bond donors (Lipinski definition) is 1. The summed E-state index contributed by atoms with van der Waals surface area (Å²) in [7, 11) is -3.64. The number of rotatable bonds is 6. The quantitative estimate of drug-likeness (QED) is 0.615. The van der Waals surface area contributed by atoms with Gasteiger partial charge in [0.1, 0.15) is 6.61 Å². The van der Waals surface area contributed by atoms with Gasteiger partial charge in [-0.15, -0.1) is 0 Å². The molecule has 9 heteroatoms. The molecule has 2 aliphatic rings. The second kappa shape index (κ2) is 10.1. The van der Waals surface area contributed by atoms with Gasteiger partial charge in [-0.25, -0.2) is 13.2 Å². The molecule has 2 fully saturated rings. The Balaban J connectivity index is 1.64. The Labute approximate surface area is 203 Å². The highest BCUT2D eigenvalue weighted by Gasteiger charge is 2.53. The second-order valence-corrected chi connectivity index (χ2v) is 12.5. The third-order valence-electron chi connectivity index (χ3n) is 6.70. The summed E-state index contributed by atoms with van der Waals surface area (Å²) in [6.07, 6.45) is 2.57. The lowest BCUT2D eigenvalue weighted by molar-refractivity contribution is -0.118. The van der Waals surface area contributed by atoms with E-state index in [9.17, 15) is 18.0 Å². The van der Waals surface area contributed by atoms with E-state index >= 15 is 0 Å². The molecule has 188 valence electrons. The molecule has 0 radical (unpaired) electrons. The molecule has 0 atom stereocenters. The topological polar surface area (TPSA) is 96.0 Å². The van der Waals surface area contributed by atoms with Crippen LogP contribution in [0.1, 0.15) is 58.9 Å². The van der Waals surface area contributed by atoms with Gasteiger partial charge in [-0.05, 0) is 65.0 Å². The minimum absolute atomic E-state index is 0.136. The zero-order chi connectivity index (χ0) is 25.1. The van der Waals surface area contributed by atoms with Crippen molar-refractivity contribution in [3.8, 4) is 0 Å². The summed E-state index contributed by atoms with van der Waals surface area (Å²) < 4.78 is 34.7. The molecule has 3 rings (SSSR count). The third-order valence-corrected chi connectivity index (χ3v) is 9.52. The lowest BCUT2D eigenvalue weighted by atomic mass is 9.79. The average Bonchev–Trinajstić information content (AvgIpc) is 2.76. The number of ether oxygens (including phenoxy) is 1. The number of nitrogens with one attached hydrogen (secondary N) is 1. The lowest BCUT2D eigenvalue weighted by Crippen LogP contribution is -2.67. The van der Waals surface area contributed by atoms with Crippen molar-refractivity contribution < 1.29 is 22.7 Å². The van der Waals surface area contributed by atoms with Crippen molar-refractivity contribution in [2.75, 3.05) is 13.1 Å². The van der Waals surface area contributed by atoms with E-state index in [1.165, 1.54) is 6.08 Å². The maximum absolute atomic E-state index is 13.8. The zero-order valence-corrected chi connectivity index (χ0v) is 21.4. The smallest absolute Gasteiger partial charge is 0.410 e. The predicted octanol–water partition coefficient (Wildman–Crippen LogP) is 3.44. The van der Waals surface area contributed by atoms with Crippen molar-refractivity contribution in [2.45, 2.75) is 82.4 Å². The van der Waals surface area contributed by atoms with Crippen LogP contribution in [0, 0.1) is 0 Å². The summed E-state index contributed by atoms with van der Waals surface area (Å²) in [4.78, 5) is 25.9. The molecule has 0 saturated carbocycles. The van der Waals surface area contributed by atoms with Crippen LogP contribution in [0.2, 0.25) is 0 Å². The summed E-state index contributed by atoms with van der Waals surface area (Å²) in [5.41, 5.74) is -0.442. The monoisotopic (exact) mass is 491 g/mol. The summed E-state index contributed by atoms with van der Waals surface area (Å²) in [5.74, 6) is -0.251. The van der Waals surface area contributed by atoms with Crippen LogP contribution < -0.4 is 5.32 Å². The molecule has 2 saturated heterocycles. The van der Waals surface area contributed by atoms with Gasteiger partial charge >= 0.3 is 6.09 Å². The number of sulfonamides is 1. The van der Waals surface area contributed by atoms with Gasteiger partial charge in [0.05, 0.1) is 5.25 Å². The lowest BCUT2D eigenvalue weighted by Gasteiger charge is -2.55. The maximum Gasteiger partial charge on any atom is 0.410 e. The molecular weight excluding hydrogens is 454 g/mol. The van der Waals surface area contributed by atoms with Crippen molar-refractivity contribution in [1.82, 2.24) is 14.5 Å². The molecule has 34 heavy (non-hydrogen) atoms. The van der Waals surface area contributed by atoms with Gasteiger partial charge in [0.15, 0.2) is 0 Å². The van der Waals surface area contributed by atoms with Gasteiger partial charge in [-0.1, -0.05) is 36.9 Å². The van der Waals surface area contributed by atoms with Crippen molar-refractivity contribution in [2.24, 2.45) is 0 Å². The molecule has 0 aromatic heterocycles. The van der Waals surface area contributed by atoms with Gasteiger partial charge in [-0.3, -0.25) is 4.79 Å². The number of carbonyl (C=O) groups is 2. The maximum atomic E-state index is 13.8. The molecule has 2 aliphatic heterocycles. The molecule has 0 aliphatic carbocycles. The highest BCUT2D eigenvalue weighted by atomic mass is 32.2. The standard InChI is InChI=1S/C25H37N3O5S/c1-6-22(29)26-20-16-24(2,3)28(25(4,5)17-20)34(31,32)21-12-14-27(15-13-21)23(30)33-18-19-10-8-7-9-11-19/h6-11,20-21H,1,12-18H2,2-5H3,(H,26,29). The van der Waals surface area contributed by atoms with E-state index in [2.05, 4.69) is 11.9 Å². The van der Waals surface area contributed by atoms with E-state index in [1.807, 2.05) is 58.0 Å². The van der Waals surface area contributed by atoms with Gasteiger partial charge in [-0.2, -0.15) is 4.31 Å². The Hall–Kier alpha value is -2.39. The van der Waals surface area contributed by atoms with Crippen molar-refractivity contribution in [1.29, 1.82) is 0 Å². The van der Waals surface area contributed by atoms with E-state index in [0.29, 0.717) is 38.8 Å². The molecule has 1 aromatic rings. The van der Waals surface area contributed by atoms with Gasteiger partial charge < -0.3 is 15.0 Å². The summed E-state index contributed by atoms with van der Waals surface area (Å²) in [6.45, 7) is 12.0. The van der Waals surface area contributed by atoms with Crippen LogP contribution >= 0.6 is 0 Å². The highest BCUT2D eigenvalue weighted by Crippen LogP contribution is 2.42. The van der Waals surface area contributed by atoms with Crippen LogP contribution in [-0.4, -0.2) is 65.1 Å². The SMILES string of the molecule is C=CC(=O)NC1CC(C)(C)N(S(=O)(=O)C2CCN(C(=O)OCc3ccccc3)CC2)C(C)(C)C1. The number of nitrogens with zero attached hydrogens (tertiary/aromatic N) is 2. The van der Waals surface area contributed by atoms with Crippen molar-refractivity contribution >= 4 is 22.0 Å². The molecule has 0 unspecified atom stereocenters. The van der Waals surface area contributed by atoms with E-state index in [4.69, 9.17) is 4.74 Å².